The Morgan fingerprint density at radius 3 is 2.00 bits per heavy atom. The van der Waals surface area contributed by atoms with Crippen LogP contribution in [0.5, 0.6) is 0 Å². The molecule has 1 aromatic heterocycles. The van der Waals surface area contributed by atoms with Crippen molar-refractivity contribution in [2.75, 3.05) is 0 Å². The van der Waals surface area contributed by atoms with Crippen molar-refractivity contribution < 1.29 is 4.39 Å². The first kappa shape index (κ1) is 23.7. The summed E-state index contributed by atoms with van der Waals surface area (Å²) < 4.78 is 16.8. The van der Waals surface area contributed by atoms with Gasteiger partial charge >= 0.3 is 17.1 Å². The third kappa shape index (κ3) is 4.48. The summed E-state index contributed by atoms with van der Waals surface area (Å²) in [5.41, 5.74) is 4.01. The highest BCUT2D eigenvalue weighted by molar-refractivity contribution is 6.35. The van der Waals surface area contributed by atoms with E-state index in [0.29, 0.717) is 15.7 Å². The molecule has 0 radical (unpaired) electrons. The van der Waals surface area contributed by atoms with Gasteiger partial charge in [0.25, 0.3) is 0 Å². The molecule has 10 heteroatoms. The fourth-order valence-corrected chi connectivity index (χ4v) is 4.12. The number of halogens is 3. The van der Waals surface area contributed by atoms with E-state index in [1.165, 1.54) is 18.2 Å². The number of nitrogens with two attached hydrogens (primary N) is 1. The molecule has 4 aromatic rings. The van der Waals surface area contributed by atoms with Gasteiger partial charge in [-0.3, -0.25) is 0 Å². The van der Waals surface area contributed by atoms with Crippen molar-refractivity contribution in [1.82, 2.24) is 13.7 Å². The van der Waals surface area contributed by atoms with Crippen LogP contribution in [-0.2, 0) is 13.1 Å². The Labute approximate surface area is 203 Å². The van der Waals surface area contributed by atoms with Crippen LogP contribution in [0.15, 0.2) is 87.2 Å². The second kappa shape index (κ2) is 9.80. The number of hydrogen-bond acceptors (Lipinski definition) is 4. The van der Waals surface area contributed by atoms with Gasteiger partial charge in [-0.2, -0.15) is 0 Å². The van der Waals surface area contributed by atoms with E-state index in [2.05, 4.69) is 0 Å². The minimum Gasteiger partial charge on any atom is -0.322 e. The van der Waals surface area contributed by atoms with E-state index in [-0.39, 0.29) is 28.8 Å². The fourth-order valence-electron chi connectivity index (χ4n) is 3.61. The lowest BCUT2D eigenvalue weighted by atomic mass is 10.1. The zero-order valence-electron chi connectivity index (χ0n) is 17.7. The second-order valence-corrected chi connectivity index (χ2v) is 8.36. The lowest BCUT2D eigenvalue weighted by molar-refractivity contribution is 0.465. The molecule has 0 fully saturated rings. The third-order valence-electron chi connectivity index (χ3n) is 5.38. The maximum atomic E-state index is 14.6. The average molecular weight is 501 g/mol. The molecule has 0 aliphatic heterocycles. The van der Waals surface area contributed by atoms with E-state index in [9.17, 15) is 18.8 Å². The number of nitrogens with zero attached hydrogens (tertiary/aromatic N) is 3. The Hall–Kier alpha value is -3.46. The van der Waals surface area contributed by atoms with Crippen LogP contribution in [0.3, 0.4) is 0 Å². The van der Waals surface area contributed by atoms with E-state index < -0.39 is 28.9 Å². The summed E-state index contributed by atoms with van der Waals surface area (Å²) in [4.78, 5) is 40.0. The molecule has 34 heavy (non-hydrogen) atoms. The van der Waals surface area contributed by atoms with Crippen LogP contribution < -0.4 is 22.8 Å². The van der Waals surface area contributed by atoms with Crippen molar-refractivity contribution >= 4 is 23.2 Å². The van der Waals surface area contributed by atoms with Gasteiger partial charge in [-0.15, -0.1) is 0 Å². The molecule has 0 bridgehead atoms. The van der Waals surface area contributed by atoms with Gasteiger partial charge in [0.15, 0.2) is 0 Å². The zero-order valence-corrected chi connectivity index (χ0v) is 19.2. The first-order valence-electron chi connectivity index (χ1n) is 10.2. The van der Waals surface area contributed by atoms with E-state index in [0.717, 1.165) is 15.2 Å². The Morgan fingerprint density at radius 1 is 0.765 bits per heavy atom. The highest BCUT2D eigenvalue weighted by atomic mass is 35.5. The predicted molar refractivity (Wildman–Crippen MR) is 129 cm³/mol. The molecule has 2 N–H and O–H groups in total. The summed E-state index contributed by atoms with van der Waals surface area (Å²) in [5.74, 6) is -0.804. The predicted octanol–water partition coefficient (Wildman–Crippen LogP) is 3.36. The number of aromatic nitrogens is 3. The van der Waals surface area contributed by atoms with Crippen LogP contribution in [0.25, 0.3) is 5.69 Å². The van der Waals surface area contributed by atoms with E-state index in [4.69, 9.17) is 28.9 Å². The number of para-hydroxylation sites is 1. The minimum atomic E-state index is -1.03. The highest BCUT2D eigenvalue weighted by Gasteiger charge is 2.22. The monoisotopic (exact) mass is 500 g/mol. The first-order chi connectivity index (χ1) is 16.3. The molecule has 1 atom stereocenters. The molecule has 0 spiro atoms. The molecule has 1 heterocycles. The molecule has 0 saturated heterocycles. The summed E-state index contributed by atoms with van der Waals surface area (Å²) in [6.07, 6.45) is 0. The van der Waals surface area contributed by atoms with Crippen LogP contribution >= 0.6 is 23.2 Å². The summed E-state index contributed by atoms with van der Waals surface area (Å²) in [7, 11) is 0. The summed E-state index contributed by atoms with van der Waals surface area (Å²) in [5, 5.41) is 0.463. The smallest absolute Gasteiger partial charge is 0.322 e. The van der Waals surface area contributed by atoms with E-state index in [1.54, 1.807) is 48.5 Å². The maximum absolute atomic E-state index is 14.6. The van der Waals surface area contributed by atoms with Crippen LogP contribution in [0, 0.1) is 5.82 Å². The quantitative estimate of drug-likeness (QED) is 0.439. The fraction of sp³-hybridized carbons (Fsp3) is 0.125. The number of rotatable bonds is 6. The maximum Gasteiger partial charge on any atom is 0.341 e. The molecule has 0 aliphatic rings. The van der Waals surface area contributed by atoms with Gasteiger partial charge in [0.1, 0.15) is 5.82 Å². The SMILES string of the molecule is NC(Cn1c(=O)n(Cc2c(Cl)cccc2Cl)c(=O)n(-c2ccccc2F)c1=O)c1ccccc1. The zero-order chi connectivity index (χ0) is 24.4. The van der Waals surface area contributed by atoms with E-state index in [1.807, 2.05) is 0 Å². The van der Waals surface area contributed by atoms with Gasteiger partial charge in [-0.25, -0.2) is 32.5 Å². The molecule has 0 saturated carbocycles. The third-order valence-corrected chi connectivity index (χ3v) is 6.09. The number of hydrogen-bond donors (Lipinski definition) is 1. The second-order valence-electron chi connectivity index (χ2n) is 7.55. The Morgan fingerprint density at radius 2 is 1.35 bits per heavy atom. The van der Waals surface area contributed by atoms with Crippen molar-refractivity contribution in [3.8, 4) is 5.69 Å². The van der Waals surface area contributed by atoms with Gasteiger partial charge in [-0.05, 0) is 29.8 Å². The lowest BCUT2D eigenvalue weighted by Crippen LogP contribution is -2.55. The van der Waals surface area contributed by atoms with Crippen molar-refractivity contribution in [2.24, 2.45) is 5.73 Å². The standard InChI is InChI=1S/C24H19Cl2FN4O3/c25-17-9-6-10-18(26)16(17)13-29-22(32)30(14-20(28)15-7-2-1-3-8-15)24(34)31(23(29)33)21-12-5-4-11-19(21)27/h1-12,20H,13-14,28H2. The molecule has 0 aliphatic carbocycles. The minimum absolute atomic E-state index is 0.231. The van der Waals surface area contributed by atoms with Crippen LogP contribution in [0.1, 0.15) is 17.2 Å². The Bertz CT molecular complexity index is 1510. The highest BCUT2D eigenvalue weighted by Crippen LogP contribution is 2.24. The molecule has 174 valence electrons. The van der Waals surface area contributed by atoms with Gasteiger partial charge < -0.3 is 5.73 Å². The Balaban J connectivity index is 1.96. The van der Waals surface area contributed by atoms with Crippen molar-refractivity contribution in [3.63, 3.8) is 0 Å². The molecule has 0 amide bonds. The van der Waals surface area contributed by atoms with Crippen LogP contribution in [0.4, 0.5) is 4.39 Å². The average Bonchev–Trinajstić information content (AvgIpc) is 2.83. The number of benzene rings is 3. The molecule has 3 aromatic carbocycles. The molecule has 1 unspecified atom stereocenters. The van der Waals surface area contributed by atoms with E-state index >= 15 is 0 Å². The largest absolute Gasteiger partial charge is 0.341 e. The first-order valence-corrected chi connectivity index (χ1v) is 11.0. The molecule has 7 nitrogen and oxygen atoms in total. The van der Waals surface area contributed by atoms with Crippen molar-refractivity contribution in [2.45, 2.75) is 19.1 Å². The van der Waals surface area contributed by atoms with Crippen LogP contribution in [-0.4, -0.2) is 13.7 Å². The summed E-state index contributed by atoms with van der Waals surface area (Å²) in [6.45, 7) is -0.571. The van der Waals surface area contributed by atoms with Crippen LogP contribution in [0.2, 0.25) is 10.0 Å². The van der Waals surface area contributed by atoms with Gasteiger partial charge in [0, 0.05) is 21.7 Å². The van der Waals surface area contributed by atoms with Gasteiger partial charge in [0.2, 0.25) is 0 Å². The van der Waals surface area contributed by atoms with Crippen molar-refractivity contribution in [3.05, 3.63) is 131 Å². The molecule has 4 rings (SSSR count). The van der Waals surface area contributed by atoms with Gasteiger partial charge in [-0.1, -0.05) is 71.7 Å². The lowest BCUT2D eigenvalue weighted by Gasteiger charge is -2.18. The topological polar surface area (TPSA) is 92.0 Å². The normalized spacial score (nSPS) is 12.0. The Kier molecular flexibility index (Phi) is 6.83. The molecular formula is C24H19Cl2FN4O3. The molecular weight excluding hydrogens is 482 g/mol. The summed E-state index contributed by atoms with van der Waals surface area (Å²) in [6, 6.07) is 18.2. The summed E-state index contributed by atoms with van der Waals surface area (Å²) >= 11 is 12.5. The van der Waals surface area contributed by atoms with Crippen molar-refractivity contribution in [1.29, 1.82) is 0 Å². The van der Waals surface area contributed by atoms with Gasteiger partial charge in [0.05, 0.1) is 18.8 Å².